The zero-order chi connectivity index (χ0) is 33.8. The molecule has 0 radical (unpaired) electrons. The van der Waals surface area contributed by atoms with Crippen molar-refractivity contribution < 1.29 is 14.4 Å². The number of rotatable bonds is 6. The fourth-order valence-electron chi connectivity index (χ4n) is 7.74. The van der Waals surface area contributed by atoms with Gasteiger partial charge in [0.2, 0.25) is 11.8 Å². The number of fused-ring (bicyclic) bond motifs is 1. The van der Waals surface area contributed by atoms with Gasteiger partial charge in [-0.15, -0.1) is 0 Å². The minimum Gasteiger partial charge on any atom is -0.337 e. The van der Waals surface area contributed by atoms with Gasteiger partial charge in [-0.2, -0.15) is 0 Å². The molecular weight excluding hydrogens is 655 g/mol. The minimum absolute atomic E-state index is 0.00742. The average Bonchev–Trinajstić information content (AvgIpc) is 3.71. The first-order chi connectivity index (χ1) is 22.3. The summed E-state index contributed by atoms with van der Waals surface area (Å²) < 4.78 is 0. The van der Waals surface area contributed by atoms with Crippen molar-refractivity contribution >= 4 is 57.9 Å². The van der Waals surface area contributed by atoms with E-state index in [9.17, 15) is 14.4 Å². The number of thioether (sulfide) groups is 1. The van der Waals surface area contributed by atoms with E-state index in [0.29, 0.717) is 41.1 Å². The molecule has 0 spiro atoms. The number of benzene rings is 1. The topological polar surface area (TPSA) is 89.4 Å². The smallest absolute Gasteiger partial charge is 0.263 e. The number of carbonyl (C=O) groups excluding carboxylic acids is 3. The molecule has 12 heteroatoms. The molecule has 47 heavy (non-hydrogen) atoms. The van der Waals surface area contributed by atoms with Crippen LogP contribution in [0.2, 0.25) is 10.2 Å². The number of aliphatic imine (C=N–C) groups is 1. The molecule has 0 aliphatic carbocycles. The summed E-state index contributed by atoms with van der Waals surface area (Å²) in [6, 6.07) is 10.6. The molecular formula is C35H42Cl2N6O3S. The molecule has 1 aromatic heterocycles. The van der Waals surface area contributed by atoms with Crippen LogP contribution in [-0.2, 0) is 19.9 Å². The number of carbonyl (C=O) groups is 3. The van der Waals surface area contributed by atoms with Crippen molar-refractivity contribution in [3.05, 3.63) is 74.5 Å². The molecule has 0 N–H and O–H groups in total. The first-order valence-electron chi connectivity index (χ1n) is 16.4. The molecule has 4 aliphatic rings. The highest BCUT2D eigenvalue weighted by Crippen LogP contribution is 2.56. The fraction of sp³-hybridized carbons (Fsp3) is 0.514. The van der Waals surface area contributed by atoms with E-state index in [0.717, 1.165) is 34.8 Å². The summed E-state index contributed by atoms with van der Waals surface area (Å²) in [6.45, 7) is 13.4. The lowest BCUT2D eigenvalue weighted by atomic mass is 9.81. The van der Waals surface area contributed by atoms with Crippen molar-refractivity contribution in [2.45, 2.75) is 90.5 Å². The van der Waals surface area contributed by atoms with Crippen LogP contribution in [0, 0.1) is 5.92 Å². The van der Waals surface area contributed by atoms with E-state index in [4.69, 9.17) is 28.2 Å². The summed E-state index contributed by atoms with van der Waals surface area (Å²) in [4.78, 5) is 59.1. The van der Waals surface area contributed by atoms with Crippen LogP contribution < -0.4 is 0 Å². The van der Waals surface area contributed by atoms with Crippen LogP contribution >= 0.6 is 35.0 Å². The molecule has 2 aromatic rings. The Hall–Kier alpha value is -3.08. The van der Waals surface area contributed by atoms with Gasteiger partial charge in [-0.3, -0.25) is 14.4 Å². The van der Waals surface area contributed by atoms with Gasteiger partial charge in [-0.25, -0.2) is 9.98 Å². The summed E-state index contributed by atoms with van der Waals surface area (Å²) in [7, 11) is 0. The number of amides is 3. The molecule has 250 valence electrons. The van der Waals surface area contributed by atoms with Gasteiger partial charge in [0.25, 0.3) is 5.91 Å². The quantitative estimate of drug-likeness (QED) is 0.321. The highest BCUT2D eigenvalue weighted by atomic mass is 35.5. The third-order valence-electron chi connectivity index (χ3n) is 10.1. The molecule has 9 nitrogen and oxygen atoms in total. The second-order valence-corrected chi connectivity index (χ2v) is 15.2. The molecule has 6 rings (SSSR count). The zero-order valence-electron chi connectivity index (χ0n) is 27.7. The summed E-state index contributed by atoms with van der Waals surface area (Å²) in [6.07, 6.45) is 3.93. The number of hydrogen-bond acceptors (Lipinski definition) is 7. The van der Waals surface area contributed by atoms with Crippen molar-refractivity contribution in [1.29, 1.82) is 0 Å². The first-order valence-corrected chi connectivity index (χ1v) is 18.0. The maximum atomic E-state index is 14.8. The van der Waals surface area contributed by atoms with Crippen LogP contribution in [0.25, 0.3) is 0 Å². The third kappa shape index (κ3) is 5.95. The Morgan fingerprint density at radius 3 is 2.38 bits per heavy atom. The van der Waals surface area contributed by atoms with Crippen LogP contribution in [0.4, 0.5) is 0 Å². The predicted molar refractivity (Wildman–Crippen MR) is 187 cm³/mol. The van der Waals surface area contributed by atoms with Gasteiger partial charge in [0, 0.05) is 61.1 Å². The van der Waals surface area contributed by atoms with E-state index in [-0.39, 0.29) is 41.8 Å². The van der Waals surface area contributed by atoms with Gasteiger partial charge < -0.3 is 19.6 Å². The standard InChI is InChI=1S/C35H42Cl2N6O3S/c1-7-26-13-14-27(32(45)40-16-17-41(22(5)44)21(4)19-40)42(26)33(46)30-29(20(2)3)43-31(23-8-11-25(36)12-9-23)35(6,39-34(43)47-30)24-10-15-28(37)38-18-24/h8-12,15,18,20-21,26-27,31H,7,13-14,16-17,19H2,1-6H3/t21-,26-,27+,31-,35+/m1/s1. The van der Waals surface area contributed by atoms with Gasteiger partial charge >= 0.3 is 0 Å². The largest absolute Gasteiger partial charge is 0.337 e. The highest BCUT2D eigenvalue weighted by molar-refractivity contribution is 8.18. The molecule has 4 aliphatic heterocycles. The number of hydrogen-bond donors (Lipinski definition) is 0. The number of amidine groups is 1. The lowest BCUT2D eigenvalue weighted by molar-refractivity contribution is -0.147. The van der Waals surface area contributed by atoms with Crippen LogP contribution in [0.15, 0.2) is 58.2 Å². The molecule has 5 heterocycles. The lowest BCUT2D eigenvalue weighted by Gasteiger charge is -2.41. The Labute approximate surface area is 291 Å². The van der Waals surface area contributed by atoms with Crippen LogP contribution in [-0.4, -0.2) is 85.2 Å². The zero-order valence-corrected chi connectivity index (χ0v) is 30.1. The van der Waals surface area contributed by atoms with E-state index in [1.165, 1.54) is 11.8 Å². The van der Waals surface area contributed by atoms with E-state index in [1.807, 2.05) is 52.0 Å². The number of halogens is 2. The number of allylic oxidation sites excluding steroid dienone is 1. The predicted octanol–water partition coefficient (Wildman–Crippen LogP) is 6.48. The average molecular weight is 698 g/mol. The second kappa shape index (κ2) is 13.1. The molecule has 0 saturated carbocycles. The molecule has 1 aromatic carbocycles. The van der Waals surface area contributed by atoms with E-state index in [1.54, 1.807) is 19.2 Å². The van der Waals surface area contributed by atoms with Crippen molar-refractivity contribution in [2.75, 3.05) is 19.6 Å². The monoisotopic (exact) mass is 696 g/mol. The van der Waals surface area contributed by atoms with Crippen molar-refractivity contribution in [2.24, 2.45) is 10.9 Å². The van der Waals surface area contributed by atoms with E-state index >= 15 is 0 Å². The molecule has 2 saturated heterocycles. The summed E-state index contributed by atoms with van der Waals surface area (Å²) in [5.74, 6) is -0.132. The maximum absolute atomic E-state index is 14.8. The normalized spacial score (nSPS) is 27.6. The summed E-state index contributed by atoms with van der Waals surface area (Å²) in [5.41, 5.74) is 2.11. The van der Waals surface area contributed by atoms with E-state index in [2.05, 4.69) is 37.6 Å². The lowest BCUT2D eigenvalue weighted by Crippen LogP contribution is -2.58. The fourth-order valence-corrected chi connectivity index (χ4v) is 9.33. The molecule has 0 unspecified atom stereocenters. The minimum atomic E-state index is -0.723. The maximum Gasteiger partial charge on any atom is 0.263 e. The summed E-state index contributed by atoms with van der Waals surface area (Å²) in [5, 5.41) is 1.80. The van der Waals surface area contributed by atoms with Crippen molar-refractivity contribution in [1.82, 2.24) is 24.6 Å². The Bertz CT molecular complexity index is 1630. The van der Waals surface area contributed by atoms with Gasteiger partial charge in [0.05, 0.1) is 6.04 Å². The van der Waals surface area contributed by atoms with Crippen molar-refractivity contribution in [3.63, 3.8) is 0 Å². The first kappa shape index (κ1) is 33.8. The molecule has 5 atom stereocenters. The number of pyridine rings is 1. The Morgan fingerprint density at radius 1 is 1.06 bits per heavy atom. The second-order valence-electron chi connectivity index (χ2n) is 13.4. The molecule has 3 amide bonds. The number of aromatic nitrogens is 1. The van der Waals surface area contributed by atoms with Crippen LogP contribution in [0.1, 0.15) is 78.0 Å². The summed E-state index contributed by atoms with van der Waals surface area (Å²) >= 11 is 13.9. The number of piperazine rings is 1. The Kier molecular flexibility index (Phi) is 9.41. The third-order valence-corrected chi connectivity index (χ3v) is 11.6. The van der Waals surface area contributed by atoms with Gasteiger partial charge in [-0.05, 0) is 74.6 Å². The molecule has 0 bridgehead atoms. The van der Waals surface area contributed by atoms with Crippen LogP contribution in [0.3, 0.4) is 0 Å². The number of nitrogens with zero attached hydrogens (tertiary/aromatic N) is 6. The van der Waals surface area contributed by atoms with Crippen LogP contribution in [0.5, 0.6) is 0 Å². The van der Waals surface area contributed by atoms with Gasteiger partial charge in [-0.1, -0.05) is 62.2 Å². The number of likely N-dealkylation sites (tertiary alicyclic amines) is 1. The SMILES string of the molecule is CC[C@@H]1CC[C@@H](C(=O)N2CCN(C(C)=O)[C@H](C)C2)N1C(=O)C1=C(C(C)C)N2C(=N[C@@](C)(c3ccc(Cl)nc3)[C@H]2c2ccc(Cl)cc2)S1. The van der Waals surface area contributed by atoms with E-state index < -0.39 is 11.6 Å². The Balaban J connectivity index is 1.37. The molecule has 2 fully saturated rings. The van der Waals surface area contributed by atoms with Gasteiger partial charge in [0.15, 0.2) is 5.17 Å². The Morgan fingerprint density at radius 2 is 1.79 bits per heavy atom. The van der Waals surface area contributed by atoms with Gasteiger partial charge in [0.1, 0.15) is 21.6 Å². The highest BCUT2D eigenvalue weighted by Gasteiger charge is 2.55. The van der Waals surface area contributed by atoms with Crippen molar-refractivity contribution in [3.8, 4) is 0 Å².